The predicted molar refractivity (Wildman–Crippen MR) is 247 cm³/mol. The Hall–Kier alpha value is -2.63. The largest absolute Gasteiger partial charge is 0.462 e. The summed E-state index contributed by atoms with van der Waals surface area (Å²) >= 11 is 0. The average Bonchev–Trinajstić information content (AvgIpc) is 3.22. The van der Waals surface area contributed by atoms with Crippen molar-refractivity contribution in [2.45, 2.75) is 252 Å². The van der Waals surface area contributed by atoms with Gasteiger partial charge in [0.25, 0.3) is 0 Å². The van der Waals surface area contributed by atoms with E-state index in [0.717, 1.165) is 103 Å². The lowest BCUT2D eigenvalue weighted by atomic mass is 10.0. The minimum atomic E-state index is -0.779. The van der Waals surface area contributed by atoms with E-state index in [-0.39, 0.29) is 31.1 Å². The number of allylic oxidation sites excluding steroid dienone is 8. The lowest BCUT2D eigenvalue weighted by Gasteiger charge is -2.18. The van der Waals surface area contributed by atoms with Crippen LogP contribution in [0.1, 0.15) is 245 Å². The molecule has 6 heteroatoms. The van der Waals surface area contributed by atoms with Crippen LogP contribution in [0.5, 0.6) is 0 Å². The molecule has 58 heavy (non-hydrogen) atoms. The van der Waals surface area contributed by atoms with Gasteiger partial charge in [0.2, 0.25) is 0 Å². The van der Waals surface area contributed by atoms with Crippen molar-refractivity contribution >= 4 is 17.9 Å². The number of ether oxygens (including phenoxy) is 3. The maximum atomic E-state index is 12.8. The molecule has 0 radical (unpaired) electrons. The fourth-order valence-electron chi connectivity index (χ4n) is 6.85. The van der Waals surface area contributed by atoms with E-state index in [1.807, 2.05) is 0 Å². The Bertz CT molecular complexity index is 1030. The van der Waals surface area contributed by atoms with Gasteiger partial charge in [0.1, 0.15) is 13.2 Å². The molecule has 0 aliphatic carbocycles. The minimum Gasteiger partial charge on any atom is -0.462 e. The molecule has 0 rings (SSSR count). The van der Waals surface area contributed by atoms with Crippen molar-refractivity contribution in [2.75, 3.05) is 13.2 Å². The fraction of sp³-hybridized carbons (Fsp3) is 0.788. The second kappa shape index (κ2) is 47.1. The van der Waals surface area contributed by atoms with Gasteiger partial charge in [-0.25, -0.2) is 0 Å². The fourth-order valence-corrected chi connectivity index (χ4v) is 6.85. The summed E-state index contributed by atoms with van der Waals surface area (Å²) in [5.41, 5.74) is 0. The number of carbonyl (C=O) groups excluding carboxylic acids is 3. The van der Waals surface area contributed by atoms with Gasteiger partial charge in [0, 0.05) is 19.3 Å². The van der Waals surface area contributed by atoms with Crippen LogP contribution in [0, 0.1) is 0 Å². The molecule has 0 aromatic heterocycles. The lowest BCUT2D eigenvalue weighted by molar-refractivity contribution is -0.167. The van der Waals surface area contributed by atoms with E-state index in [1.54, 1.807) is 0 Å². The molecule has 0 heterocycles. The van der Waals surface area contributed by atoms with Crippen molar-refractivity contribution in [1.82, 2.24) is 0 Å². The normalized spacial score (nSPS) is 12.4. The molecular weight excluding hydrogens is 721 g/mol. The summed E-state index contributed by atoms with van der Waals surface area (Å²) in [7, 11) is 0. The third-order valence-electron chi connectivity index (χ3n) is 10.6. The first kappa shape index (κ1) is 55.4. The summed E-state index contributed by atoms with van der Waals surface area (Å²) in [6.07, 6.45) is 55.2. The standard InChI is InChI=1S/C52H92O6/c1-4-7-10-13-16-19-22-24-26-28-30-33-36-39-42-45-51(54)57-48-49(47-56-50(53)44-41-38-35-32-29-21-18-15-12-9-6-3)58-52(55)46-43-40-37-34-31-27-25-23-20-17-14-11-8-5-2/h7,10,15-16,18-19,24,26,49H,4-6,8-9,11-14,17,20-23,25,27-48H2,1-3H3/b10-7-,18-15-,19-16-,26-24-. The van der Waals surface area contributed by atoms with Crippen molar-refractivity contribution in [3.8, 4) is 0 Å². The molecule has 0 aliphatic rings. The second-order valence-electron chi connectivity index (χ2n) is 16.3. The SMILES string of the molecule is CC/C=C\C/C=C\C/C=C\CCCCCCCC(=O)OCC(COC(=O)CCCCCCC/C=C\CCCC)OC(=O)CCCCCCCCCCCCCCCC. The molecule has 0 bridgehead atoms. The van der Waals surface area contributed by atoms with Gasteiger partial charge in [-0.2, -0.15) is 0 Å². The first-order valence-electron chi connectivity index (χ1n) is 24.6. The van der Waals surface area contributed by atoms with E-state index in [0.29, 0.717) is 19.3 Å². The third kappa shape index (κ3) is 44.5. The number of esters is 3. The zero-order chi connectivity index (χ0) is 42.3. The Kier molecular flexibility index (Phi) is 44.9. The lowest BCUT2D eigenvalue weighted by Crippen LogP contribution is -2.30. The second-order valence-corrected chi connectivity index (χ2v) is 16.3. The van der Waals surface area contributed by atoms with Gasteiger partial charge in [-0.05, 0) is 70.6 Å². The van der Waals surface area contributed by atoms with E-state index in [2.05, 4.69) is 69.4 Å². The predicted octanol–water partition coefficient (Wildman–Crippen LogP) is 15.9. The first-order valence-corrected chi connectivity index (χ1v) is 24.6. The molecule has 0 aromatic carbocycles. The molecule has 6 nitrogen and oxygen atoms in total. The van der Waals surface area contributed by atoms with Crippen LogP contribution in [0.15, 0.2) is 48.6 Å². The summed E-state index contributed by atoms with van der Waals surface area (Å²) in [4.78, 5) is 37.8. The highest BCUT2D eigenvalue weighted by Crippen LogP contribution is 2.15. The van der Waals surface area contributed by atoms with Crippen LogP contribution in [-0.2, 0) is 28.6 Å². The van der Waals surface area contributed by atoms with Crippen molar-refractivity contribution in [3.63, 3.8) is 0 Å². The average molecular weight is 813 g/mol. The van der Waals surface area contributed by atoms with Gasteiger partial charge in [0.05, 0.1) is 0 Å². The molecule has 0 saturated heterocycles. The summed E-state index contributed by atoms with van der Waals surface area (Å²) in [5, 5.41) is 0. The van der Waals surface area contributed by atoms with Crippen molar-refractivity contribution < 1.29 is 28.6 Å². The highest BCUT2D eigenvalue weighted by atomic mass is 16.6. The van der Waals surface area contributed by atoms with Crippen LogP contribution in [0.2, 0.25) is 0 Å². The van der Waals surface area contributed by atoms with E-state index in [9.17, 15) is 14.4 Å². The van der Waals surface area contributed by atoms with Crippen LogP contribution < -0.4 is 0 Å². The van der Waals surface area contributed by atoms with Crippen molar-refractivity contribution in [1.29, 1.82) is 0 Å². The van der Waals surface area contributed by atoms with Gasteiger partial charge in [-0.15, -0.1) is 0 Å². The van der Waals surface area contributed by atoms with E-state index in [1.165, 1.54) is 103 Å². The smallest absolute Gasteiger partial charge is 0.306 e. The molecule has 0 N–H and O–H groups in total. The molecule has 0 amide bonds. The highest BCUT2D eigenvalue weighted by molar-refractivity contribution is 5.71. The maximum absolute atomic E-state index is 12.8. The van der Waals surface area contributed by atoms with Gasteiger partial charge in [0.15, 0.2) is 6.10 Å². The zero-order valence-electron chi connectivity index (χ0n) is 38.3. The Morgan fingerprint density at radius 3 is 1.12 bits per heavy atom. The van der Waals surface area contributed by atoms with Gasteiger partial charge < -0.3 is 14.2 Å². The first-order chi connectivity index (χ1) is 28.5. The monoisotopic (exact) mass is 813 g/mol. The maximum Gasteiger partial charge on any atom is 0.306 e. The Labute approximate surface area is 358 Å². The van der Waals surface area contributed by atoms with Crippen LogP contribution >= 0.6 is 0 Å². The van der Waals surface area contributed by atoms with Gasteiger partial charge >= 0.3 is 17.9 Å². The molecule has 0 aliphatic heterocycles. The molecular formula is C52H92O6. The van der Waals surface area contributed by atoms with E-state index in [4.69, 9.17) is 14.2 Å². The zero-order valence-corrected chi connectivity index (χ0v) is 38.3. The summed E-state index contributed by atoms with van der Waals surface area (Å²) in [6, 6.07) is 0. The molecule has 0 spiro atoms. The number of hydrogen-bond acceptors (Lipinski definition) is 6. The van der Waals surface area contributed by atoms with Gasteiger partial charge in [-0.1, -0.05) is 204 Å². The molecule has 0 aromatic rings. The van der Waals surface area contributed by atoms with Crippen LogP contribution in [0.3, 0.4) is 0 Å². The summed E-state index contributed by atoms with van der Waals surface area (Å²) < 4.78 is 16.7. The number of rotatable bonds is 44. The summed E-state index contributed by atoms with van der Waals surface area (Å²) in [6.45, 7) is 6.47. The number of carbonyl (C=O) groups is 3. The van der Waals surface area contributed by atoms with Crippen LogP contribution in [0.25, 0.3) is 0 Å². The topological polar surface area (TPSA) is 78.9 Å². The quantitative estimate of drug-likeness (QED) is 0.0264. The minimum absolute atomic E-state index is 0.0814. The highest BCUT2D eigenvalue weighted by Gasteiger charge is 2.19. The third-order valence-corrected chi connectivity index (χ3v) is 10.6. The number of unbranched alkanes of at least 4 members (excludes halogenated alkanes) is 25. The van der Waals surface area contributed by atoms with Crippen LogP contribution in [0.4, 0.5) is 0 Å². The van der Waals surface area contributed by atoms with E-state index < -0.39 is 6.10 Å². The molecule has 0 saturated carbocycles. The Balaban J connectivity index is 4.39. The molecule has 0 fully saturated rings. The summed E-state index contributed by atoms with van der Waals surface area (Å²) in [5.74, 6) is -0.902. The number of hydrogen-bond donors (Lipinski definition) is 0. The molecule has 1 unspecified atom stereocenters. The van der Waals surface area contributed by atoms with E-state index >= 15 is 0 Å². The van der Waals surface area contributed by atoms with Crippen LogP contribution in [-0.4, -0.2) is 37.2 Å². The molecule has 336 valence electrons. The van der Waals surface area contributed by atoms with Gasteiger partial charge in [-0.3, -0.25) is 14.4 Å². The Morgan fingerprint density at radius 2 is 0.690 bits per heavy atom. The van der Waals surface area contributed by atoms with Crippen molar-refractivity contribution in [2.24, 2.45) is 0 Å². The Morgan fingerprint density at radius 1 is 0.362 bits per heavy atom. The van der Waals surface area contributed by atoms with Crippen molar-refractivity contribution in [3.05, 3.63) is 48.6 Å². The molecule has 1 atom stereocenters.